The lowest BCUT2D eigenvalue weighted by Gasteiger charge is -2.38. The number of hydrogen-bond donors (Lipinski definition) is 5. The van der Waals surface area contributed by atoms with Crippen LogP contribution in [0.4, 0.5) is 0 Å². The second-order valence-electron chi connectivity index (χ2n) is 16.6. The van der Waals surface area contributed by atoms with Crippen LogP contribution in [0.25, 0.3) is 0 Å². The van der Waals surface area contributed by atoms with Gasteiger partial charge < -0.3 is 49.8 Å². The summed E-state index contributed by atoms with van der Waals surface area (Å²) in [5, 5.41) is 40.8. The van der Waals surface area contributed by atoms with Crippen LogP contribution in [0.5, 0.6) is 11.5 Å². The van der Waals surface area contributed by atoms with Crippen molar-refractivity contribution in [3.63, 3.8) is 0 Å². The molecule has 0 saturated carbocycles. The van der Waals surface area contributed by atoms with E-state index in [0.717, 1.165) is 0 Å². The lowest BCUT2D eigenvalue weighted by atomic mass is 9.78. The maximum atomic E-state index is 14.6. The van der Waals surface area contributed by atoms with Gasteiger partial charge in [-0.15, -0.1) is 0 Å². The van der Waals surface area contributed by atoms with Gasteiger partial charge in [-0.1, -0.05) is 45.9 Å². The van der Waals surface area contributed by atoms with Crippen LogP contribution in [0, 0.1) is 30.6 Å². The van der Waals surface area contributed by atoms with Gasteiger partial charge in [0.15, 0.2) is 0 Å². The second-order valence-corrected chi connectivity index (χ2v) is 16.6. The topological polar surface area (TPSA) is 206 Å². The van der Waals surface area contributed by atoms with Crippen molar-refractivity contribution in [2.75, 3.05) is 27.2 Å². The van der Waals surface area contributed by atoms with Gasteiger partial charge in [0.25, 0.3) is 11.7 Å². The number of phenolic OH excluding ortho intramolecular Hbond substituents is 1. The van der Waals surface area contributed by atoms with Crippen molar-refractivity contribution in [3.05, 3.63) is 69.8 Å². The first kappa shape index (κ1) is 42.8. The van der Waals surface area contributed by atoms with Gasteiger partial charge in [0.05, 0.1) is 47.1 Å². The fourth-order valence-electron chi connectivity index (χ4n) is 8.64. The van der Waals surface area contributed by atoms with Crippen LogP contribution >= 0.6 is 0 Å². The van der Waals surface area contributed by atoms with E-state index in [2.05, 4.69) is 15.5 Å². The number of nitrogens with zero attached hydrogens (tertiary/aromatic N) is 2. The van der Waals surface area contributed by atoms with E-state index in [1.807, 2.05) is 7.05 Å². The maximum absolute atomic E-state index is 14.6. The Hall–Kier alpha value is -4.83. The van der Waals surface area contributed by atoms with Gasteiger partial charge >= 0.3 is 11.8 Å². The molecule has 0 aromatic heterocycles. The van der Waals surface area contributed by atoms with Crippen molar-refractivity contribution in [1.29, 1.82) is 0 Å². The molecule has 5 aliphatic rings. The standard InChI is InChI=1S/C43H56N4O11/c1-20-12-11-13-21(2)41(54)44-33-32-31(45-43(46-32)15-17-47(9)18-16-43)28-29(37(33)52)36(51)25(6)39-30(28)40(53)42(8,58-39)56-19-14-27(55-10)22(3)38(57-26(7)48)24(5)35(50)23(4)34(20)49/h11-14,19-20,22-24,27,34-35,38,46,49-51H,15-18H2,1-10H3,(H,44,54)/b12-11+,19-14+,21-13-/t20-,22+,23+,24+,27-,34-,35+,38+,42-/m0/s1. The number of phenols is 1. The molecule has 1 aromatic carbocycles. The van der Waals surface area contributed by atoms with E-state index in [1.165, 1.54) is 40.2 Å². The molecule has 15 heteroatoms. The molecular formula is C43H56N4O11. The first-order valence-corrected chi connectivity index (χ1v) is 19.8. The predicted octanol–water partition coefficient (Wildman–Crippen LogP) is 3.59. The third-order valence-corrected chi connectivity index (χ3v) is 12.5. The molecule has 1 spiro atoms. The number of piperidine rings is 1. The van der Waals surface area contributed by atoms with Gasteiger partial charge in [-0.3, -0.25) is 24.2 Å². The number of carbonyl (C=O) groups excluding carboxylic acids is 4. The van der Waals surface area contributed by atoms with Crippen LogP contribution in [-0.2, 0) is 23.8 Å². The number of allylic oxidation sites excluding steroid dienone is 4. The number of aliphatic hydroxyl groups is 2. The summed E-state index contributed by atoms with van der Waals surface area (Å²) >= 11 is 0. The number of nitrogens with one attached hydrogen (secondary N) is 2. The van der Waals surface area contributed by atoms with E-state index in [0.29, 0.717) is 25.9 Å². The molecule has 4 heterocycles. The molecule has 0 radical (unpaired) electrons. The van der Waals surface area contributed by atoms with Gasteiger partial charge in [0, 0.05) is 87.3 Å². The van der Waals surface area contributed by atoms with Crippen molar-refractivity contribution in [3.8, 4) is 11.5 Å². The summed E-state index contributed by atoms with van der Waals surface area (Å²) in [5.41, 5.74) is -0.216. The van der Waals surface area contributed by atoms with Crippen molar-refractivity contribution >= 4 is 29.2 Å². The van der Waals surface area contributed by atoms with Crippen molar-refractivity contribution in [2.45, 2.75) is 104 Å². The van der Waals surface area contributed by atoms with Crippen LogP contribution in [-0.4, -0.2) is 112 Å². The van der Waals surface area contributed by atoms with Gasteiger partial charge in [-0.25, -0.2) is 0 Å². The smallest absolute Gasteiger partial charge is 0.312 e. The van der Waals surface area contributed by atoms with E-state index >= 15 is 0 Å². The molecule has 5 bridgehead atoms. The first-order valence-electron chi connectivity index (χ1n) is 19.8. The molecule has 1 aromatic rings. The minimum Gasteiger partial charge on any atom is -0.507 e. The molecule has 5 N–H and O–H groups in total. The lowest BCUT2D eigenvalue weighted by Crippen LogP contribution is -2.49. The normalized spacial score (nSPS) is 34.9. The van der Waals surface area contributed by atoms with E-state index < -0.39 is 88.7 Å². The summed E-state index contributed by atoms with van der Waals surface area (Å²) < 4.78 is 23.9. The average Bonchev–Trinajstić information content (AvgIpc) is 3.69. The Kier molecular flexibility index (Phi) is 11.9. The number of ether oxygens (including phenoxy) is 4. The zero-order chi connectivity index (χ0) is 42.6. The minimum absolute atomic E-state index is 0.0124. The number of methoxy groups -OCH3 is 1. The largest absolute Gasteiger partial charge is 0.507 e. The highest BCUT2D eigenvalue weighted by Crippen LogP contribution is 2.50. The van der Waals surface area contributed by atoms with Crippen molar-refractivity contribution < 1.29 is 53.4 Å². The number of benzene rings is 1. The van der Waals surface area contributed by atoms with Gasteiger partial charge in [0.2, 0.25) is 5.78 Å². The van der Waals surface area contributed by atoms with E-state index in [9.17, 15) is 34.5 Å². The maximum Gasteiger partial charge on any atom is 0.312 e. The molecule has 1 aliphatic carbocycles. The fraction of sp³-hybridized carbons (Fsp3) is 0.558. The Morgan fingerprint density at radius 2 is 1.64 bits per heavy atom. The number of aromatic hydroxyl groups is 1. The zero-order valence-electron chi connectivity index (χ0n) is 34.8. The number of amides is 1. The summed E-state index contributed by atoms with van der Waals surface area (Å²) in [7, 11) is 3.46. The molecule has 4 aliphatic heterocycles. The molecule has 6 rings (SSSR count). The van der Waals surface area contributed by atoms with Gasteiger partial charge in [-0.2, -0.15) is 0 Å². The first-order chi connectivity index (χ1) is 27.3. The quantitative estimate of drug-likeness (QED) is 0.272. The Morgan fingerprint density at radius 3 is 2.28 bits per heavy atom. The summed E-state index contributed by atoms with van der Waals surface area (Å²) in [4.78, 5) is 62.6. The molecule has 9 atom stereocenters. The summed E-state index contributed by atoms with van der Waals surface area (Å²) in [5.74, 6) is -7.25. The highest BCUT2D eigenvalue weighted by molar-refractivity contribution is 6.34. The average molecular weight is 805 g/mol. The number of Topliss-reactive ketones (excluding diaryl/α,β-unsaturated/α-hetero) is 2. The molecular weight excluding hydrogens is 748 g/mol. The Balaban J connectivity index is 1.50. The number of aliphatic imine (C=N–C) groups is 1. The number of hydrogen-bond acceptors (Lipinski definition) is 14. The highest BCUT2D eigenvalue weighted by Gasteiger charge is 2.54. The molecule has 1 fully saturated rings. The third kappa shape index (κ3) is 7.49. The van der Waals surface area contributed by atoms with Gasteiger partial charge in [0.1, 0.15) is 29.0 Å². The predicted molar refractivity (Wildman–Crippen MR) is 213 cm³/mol. The molecule has 314 valence electrons. The number of ketones is 2. The monoisotopic (exact) mass is 804 g/mol. The van der Waals surface area contributed by atoms with Crippen LogP contribution in [0.2, 0.25) is 0 Å². The Labute approximate surface area is 338 Å². The lowest BCUT2D eigenvalue weighted by molar-refractivity contribution is -0.160. The van der Waals surface area contributed by atoms with E-state index in [4.69, 9.17) is 23.9 Å². The minimum atomic E-state index is -1.96. The molecule has 15 nitrogen and oxygen atoms in total. The van der Waals surface area contributed by atoms with Gasteiger partial charge in [-0.05, 0) is 27.0 Å². The summed E-state index contributed by atoms with van der Waals surface area (Å²) in [6.45, 7) is 14.2. The number of aliphatic hydroxyl groups excluding tert-OH is 2. The SMILES string of the molecule is CO[C@H]1/C=C/O[C@@]2(C)Oc3c(C)c(O)c4c(c3C2=O)C2=NC3(CCN(C)CC3)NC2=C(NC(=O)/C(C)=C\C=C\[C@H](C)[C@H](O)[C@@H](C)[C@@H](O)[C@@H](C)[C@H](OC(C)=O)[C@@H]1C)C4=O. The van der Waals surface area contributed by atoms with Crippen molar-refractivity contribution in [1.82, 2.24) is 15.5 Å². The summed E-state index contributed by atoms with van der Waals surface area (Å²) in [6, 6.07) is 0. The van der Waals surface area contributed by atoms with Crippen molar-refractivity contribution in [2.24, 2.45) is 28.7 Å². The van der Waals surface area contributed by atoms with E-state index in [1.54, 1.807) is 52.8 Å². The number of fused-ring (bicyclic) bond motifs is 3. The Bertz CT molecular complexity index is 2040. The molecule has 0 unspecified atom stereocenters. The molecule has 1 amide bonds. The number of likely N-dealkylation sites (tertiary alicyclic amines) is 1. The second kappa shape index (κ2) is 16.1. The number of esters is 1. The Morgan fingerprint density at radius 1 is 0.966 bits per heavy atom. The van der Waals surface area contributed by atoms with Crippen LogP contribution in [0.15, 0.2) is 52.5 Å². The van der Waals surface area contributed by atoms with Crippen LogP contribution < -0.4 is 15.4 Å². The number of carbonyl (C=O) groups is 4. The number of rotatable bonds is 2. The van der Waals surface area contributed by atoms with E-state index in [-0.39, 0.29) is 50.7 Å². The third-order valence-electron chi connectivity index (χ3n) is 12.5. The van der Waals surface area contributed by atoms with Crippen LogP contribution in [0.1, 0.15) is 93.2 Å². The van der Waals surface area contributed by atoms with Crippen LogP contribution in [0.3, 0.4) is 0 Å². The fourth-order valence-corrected chi connectivity index (χ4v) is 8.64. The molecule has 1 saturated heterocycles. The molecule has 58 heavy (non-hydrogen) atoms. The summed E-state index contributed by atoms with van der Waals surface area (Å²) in [6.07, 6.45) is 5.01. The highest BCUT2D eigenvalue weighted by atomic mass is 16.7. The zero-order valence-corrected chi connectivity index (χ0v) is 34.8.